The molecule has 0 fully saturated rings. The number of carbonyl (C=O) groups excluding carboxylic acids is 1. The highest BCUT2D eigenvalue weighted by atomic mass is 32.1. The predicted molar refractivity (Wildman–Crippen MR) is 82.5 cm³/mol. The monoisotopic (exact) mass is 305 g/mol. The summed E-state index contributed by atoms with van der Waals surface area (Å²) in [6.45, 7) is 0.284. The predicted octanol–water partition coefficient (Wildman–Crippen LogP) is 3.40. The zero-order chi connectivity index (χ0) is 15.1. The Bertz CT molecular complexity index is 610. The Kier molecular flexibility index (Phi) is 5.66. The van der Waals surface area contributed by atoms with Gasteiger partial charge in [0.05, 0.1) is 6.10 Å². The number of hydrogen-bond donors (Lipinski definition) is 1. The molecule has 1 aromatic heterocycles. The van der Waals surface area contributed by atoms with Crippen molar-refractivity contribution in [3.05, 3.63) is 64.1 Å². The van der Waals surface area contributed by atoms with Crippen molar-refractivity contribution >= 4 is 23.3 Å². The first-order valence-corrected chi connectivity index (χ1v) is 7.39. The fraction of sp³-hybridized carbons (Fsp3) is 0.188. The molecule has 1 heterocycles. The van der Waals surface area contributed by atoms with Gasteiger partial charge >= 0.3 is 0 Å². The quantitative estimate of drug-likeness (QED) is 0.831. The Balaban J connectivity index is 1.89. The first kappa shape index (κ1) is 15.4. The summed E-state index contributed by atoms with van der Waals surface area (Å²) in [4.78, 5) is 11.7. The molecule has 0 saturated carbocycles. The Morgan fingerprint density at radius 3 is 3.00 bits per heavy atom. The van der Waals surface area contributed by atoms with E-state index in [-0.39, 0.29) is 24.4 Å². The van der Waals surface area contributed by atoms with Crippen LogP contribution >= 0.6 is 11.3 Å². The van der Waals surface area contributed by atoms with E-state index in [0.717, 1.165) is 5.56 Å². The summed E-state index contributed by atoms with van der Waals surface area (Å²) in [5, 5.41) is 6.64. The van der Waals surface area contributed by atoms with Crippen LogP contribution in [0.5, 0.6) is 0 Å². The summed E-state index contributed by atoms with van der Waals surface area (Å²) in [6.07, 6.45) is 2.84. The molecule has 5 heteroatoms. The van der Waals surface area contributed by atoms with E-state index in [1.165, 1.54) is 25.3 Å². The molecule has 1 amide bonds. The fourth-order valence-electron chi connectivity index (χ4n) is 1.84. The van der Waals surface area contributed by atoms with E-state index in [2.05, 4.69) is 5.32 Å². The molecule has 1 N–H and O–H groups in total. The van der Waals surface area contributed by atoms with Crippen molar-refractivity contribution in [1.82, 2.24) is 5.32 Å². The molecular formula is C16H16FNO2S. The second-order valence-electron chi connectivity index (χ2n) is 4.41. The molecule has 0 radical (unpaired) electrons. The number of benzene rings is 1. The van der Waals surface area contributed by atoms with Crippen molar-refractivity contribution in [3.8, 4) is 0 Å². The molecule has 1 aromatic carbocycles. The van der Waals surface area contributed by atoms with Crippen LogP contribution in [0.1, 0.15) is 17.2 Å². The zero-order valence-electron chi connectivity index (χ0n) is 11.6. The molecule has 3 nitrogen and oxygen atoms in total. The number of ether oxygens (including phenoxy) is 1. The number of amides is 1. The molecule has 0 aliphatic heterocycles. The van der Waals surface area contributed by atoms with Gasteiger partial charge in [-0.15, -0.1) is 0 Å². The lowest BCUT2D eigenvalue weighted by Crippen LogP contribution is -2.27. The highest BCUT2D eigenvalue weighted by molar-refractivity contribution is 7.08. The maximum absolute atomic E-state index is 13.2. The first-order chi connectivity index (χ1) is 10.2. The molecule has 2 rings (SSSR count). The summed E-state index contributed by atoms with van der Waals surface area (Å²) in [7, 11) is 1.53. The minimum atomic E-state index is -0.376. The van der Waals surface area contributed by atoms with Crippen molar-refractivity contribution in [2.45, 2.75) is 6.10 Å². The zero-order valence-corrected chi connectivity index (χ0v) is 12.4. The second kappa shape index (κ2) is 7.71. The molecule has 1 atom stereocenters. The molecule has 0 aliphatic rings. The largest absolute Gasteiger partial charge is 0.375 e. The first-order valence-electron chi connectivity index (χ1n) is 6.45. The second-order valence-corrected chi connectivity index (χ2v) is 5.19. The lowest BCUT2D eigenvalue weighted by atomic mass is 10.1. The van der Waals surface area contributed by atoms with Crippen LogP contribution in [0, 0.1) is 5.82 Å². The van der Waals surface area contributed by atoms with Gasteiger partial charge in [0.1, 0.15) is 5.82 Å². The van der Waals surface area contributed by atoms with Gasteiger partial charge in [0.2, 0.25) is 5.91 Å². The number of hydrogen-bond acceptors (Lipinski definition) is 3. The molecule has 0 saturated heterocycles. The molecule has 0 bridgehead atoms. The molecule has 0 aliphatic carbocycles. The van der Waals surface area contributed by atoms with Crippen LogP contribution in [0.2, 0.25) is 0 Å². The van der Waals surface area contributed by atoms with Crippen molar-refractivity contribution in [1.29, 1.82) is 0 Å². The molecule has 110 valence electrons. The van der Waals surface area contributed by atoms with Gasteiger partial charge in [-0.05, 0) is 46.2 Å². The van der Waals surface area contributed by atoms with Gasteiger partial charge in [-0.2, -0.15) is 11.3 Å². The summed E-state index contributed by atoms with van der Waals surface area (Å²) in [6, 6.07) is 8.10. The van der Waals surface area contributed by atoms with Crippen molar-refractivity contribution in [3.63, 3.8) is 0 Å². The fourth-order valence-corrected chi connectivity index (χ4v) is 2.47. The van der Waals surface area contributed by atoms with Gasteiger partial charge in [0.25, 0.3) is 0 Å². The van der Waals surface area contributed by atoms with Gasteiger partial charge in [0, 0.05) is 19.7 Å². The maximum Gasteiger partial charge on any atom is 0.244 e. The number of halogens is 1. The van der Waals surface area contributed by atoms with Crippen LogP contribution in [0.25, 0.3) is 6.08 Å². The minimum absolute atomic E-state index is 0.209. The van der Waals surface area contributed by atoms with Crippen molar-refractivity contribution < 1.29 is 13.9 Å². The standard InChI is InChI=1S/C16H16FNO2S/c1-20-15(13-3-2-4-14(17)9-13)10-18-16(19)6-5-12-7-8-21-11-12/h2-9,11,15H,10H2,1H3,(H,18,19). The number of nitrogens with one attached hydrogen (secondary N) is 1. The highest BCUT2D eigenvalue weighted by Gasteiger charge is 2.11. The van der Waals surface area contributed by atoms with E-state index in [1.54, 1.807) is 29.5 Å². The lowest BCUT2D eigenvalue weighted by Gasteiger charge is -2.16. The van der Waals surface area contributed by atoms with Crippen LogP contribution in [0.15, 0.2) is 47.2 Å². The third-order valence-corrected chi connectivity index (χ3v) is 3.64. The van der Waals surface area contributed by atoms with Crippen LogP contribution in [0.4, 0.5) is 4.39 Å². The minimum Gasteiger partial charge on any atom is -0.375 e. The Morgan fingerprint density at radius 1 is 1.48 bits per heavy atom. The van der Waals surface area contributed by atoms with Crippen LogP contribution in [0.3, 0.4) is 0 Å². The lowest BCUT2D eigenvalue weighted by molar-refractivity contribution is -0.117. The van der Waals surface area contributed by atoms with Crippen molar-refractivity contribution in [2.24, 2.45) is 0 Å². The van der Waals surface area contributed by atoms with Crippen molar-refractivity contribution in [2.75, 3.05) is 13.7 Å². The van der Waals surface area contributed by atoms with Gasteiger partial charge in [-0.3, -0.25) is 4.79 Å². The maximum atomic E-state index is 13.2. The summed E-state index contributed by atoms with van der Waals surface area (Å²) in [5.74, 6) is -0.530. The highest BCUT2D eigenvalue weighted by Crippen LogP contribution is 2.16. The summed E-state index contributed by atoms with van der Waals surface area (Å²) < 4.78 is 18.5. The molecule has 21 heavy (non-hydrogen) atoms. The normalized spacial score (nSPS) is 12.5. The molecule has 0 spiro atoms. The SMILES string of the molecule is COC(CNC(=O)C=Cc1ccsc1)c1cccc(F)c1. The Morgan fingerprint density at radius 2 is 2.33 bits per heavy atom. The molecule has 1 unspecified atom stereocenters. The van der Waals surface area contributed by atoms with Gasteiger partial charge in [-0.1, -0.05) is 12.1 Å². The van der Waals surface area contributed by atoms with Gasteiger partial charge in [-0.25, -0.2) is 4.39 Å². The van der Waals surface area contributed by atoms with Crippen LogP contribution in [-0.4, -0.2) is 19.6 Å². The van der Waals surface area contributed by atoms with E-state index in [1.807, 2.05) is 16.8 Å². The van der Waals surface area contributed by atoms with Gasteiger partial charge in [0.15, 0.2) is 0 Å². The Labute approximate surface area is 127 Å². The van der Waals surface area contributed by atoms with E-state index in [4.69, 9.17) is 4.74 Å². The van der Waals surface area contributed by atoms with Crippen LogP contribution in [-0.2, 0) is 9.53 Å². The average Bonchev–Trinajstić information content (AvgIpc) is 2.99. The van der Waals surface area contributed by atoms with E-state index in [9.17, 15) is 9.18 Å². The summed E-state index contributed by atoms with van der Waals surface area (Å²) >= 11 is 1.57. The average molecular weight is 305 g/mol. The van der Waals surface area contributed by atoms with Crippen LogP contribution < -0.4 is 5.32 Å². The number of thiophene rings is 1. The van der Waals surface area contributed by atoms with Gasteiger partial charge < -0.3 is 10.1 Å². The smallest absolute Gasteiger partial charge is 0.244 e. The number of rotatable bonds is 6. The van der Waals surface area contributed by atoms with E-state index >= 15 is 0 Å². The number of carbonyl (C=O) groups is 1. The third-order valence-electron chi connectivity index (χ3n) is 2.94. The van der Waals surface area contributed by atoms with E-state index in [0.29, 0.717) is 5.56 Å². The Hall–Kier alpha value is -1.98. The third kappa shape index (κ3) is 4.81. The van der Waals surface area contributed by atoms with E-state index < -0.39 is 0 Å². The number of methoxy groups -OCH3 is 1. The molecule has 2 aromatic rings. The molecular weight excluding hydrogens is 289 g/mol. The summed E-state index contributed by atoms with van der Waals surface area (Å²) in [5.41, 5.74) is 1.68. The topological polar surface area (TPSA) is 38.3 Å².